The Hall–Kier alpha value is -4.30. The van der Waals surface area contributed by atoms with E-state index in [2.05, 4.69) is 16.1 Å². The molecule has 5 aromatic rings. The van der Waals surface area contributed by atoms with Gasteiger partial charge in [-0.2, -0.15) is 5.10 Å². The molecule has 0 unspecified atom stereocenters. The van der Waals surface area contributed by atoms with Crippen molar-refractivity contribution in [3.8, 4) is 22.3 Å². The van der Waals surface area contributed by atoms with Gasteiger partial charge in [-0.3, -0.25) is 9.78 Å². The highest BCUT2D eigenvalue weighted by Crippen LogP contribution is 2.31. The van der Waals surface area contributed by atoms with E-state index in [-0.39, 0.29) is 6.54 Å². The molecule has 3 N–H and O–H groups in total. The quantitative estimate of drug-likeness (QED) is 0.400. The van der Waals surface area contributed by atoms with Gasteiger partial charge in [0.15, 0.2) is 5.65 Å². The van der Waals surface area contributed by atoms with Crippen LogP contribution >= 0.6 is 0 Å². The second-order valence-corrected chi connectivity index (χ2v) is 7.70. The molecule has 0 spiro atoms. The fraction of sp³-hybridized carbons (Fsp3) is 0.120. The Morgan fingerprint density at radius 1 is 0.970 bits per heavy atom. The van der Waals surface area contributed by atoms with E-state index in [1.165, 1.54) is 0 Å². The summed E-state index contributed by atoms with van der Waals surface area (Å²) in [5, 5.41) is 14.7. The van der Waals surface area contributed by atoms with E-state index in [0.29, 0.717) is 13.1 Å². The Morgan fingerprint density at radius 2 is 1.79 bits per heavy atom. The van der Waals surface area contributed by atoms with Crippen LogP contribution in [-0.4, -0.2) is 50.3 Å². The number of hydrogen-bond donors (Lipinski definition) is 2. The highest BCUT2D eigenvalue weighted by molar-refractivity contribution is 5.97. The predicted octanol–water partition coefficient (Wildman–Crippen LogP) is 3.46. The third-order valence-electron chi connectivity index (χ3n) is 5.59. The largest absolute Gasteiger partial charge is 0.480 e. The Labute approximate surface area is 189 Å². The van der Waals surface area contributed by atoms with E-state index < -0.39 is 5.97 Å². The molecule has 0 aliphatic carbocycles. The van der Waals surface area contributed by atoms with Gasteiger partial charge in [-0.1, -0.05) is 30.3 Å². The van der Waals surface area contributed by atoms with Crippen LogP contribution in [0.25, 0.3) is 38.8 Å². The zero-order valence-corrected chi connectivity index (χ0v) is 17.8. The molecule has 0 aliphatic rings. The van der Waals surface area contributed by atoms with Crippen molar-refractivity contribution in [3.63, 3.8) is 0 Å². The van der Waals surface area contributed by atoms with Crippen molar-refractivity contribution in [1.82, 2.24) is 19.6 Å². The summed E-state index contributed by atoms with van der Waals surface area (Å²) in [6.45, 7) is 0.757. The number of carbonyl (C=O) groups is 1. The Kier molecular flexibility index (Phi) is 5.42. The number of pyridine rings is 1. The van der Waals surface area contributed by atoms with Crippen molar-refractivity contribution >= 4 is 28.2 Å². The molecule has 0 saturated heterocycles. The second kappa shape index (κ2) is 8.68. The lowest BCUT2D eigenvalue weighted by molar-refractivity contribution is -0.135. The van der Waals surface area contributed by atoms with Gasteiger partial charge < -0.3 is 15.7 Å². The molecule has 0 atom stereocenters. The first-order chi connectivity index (χ1) is 16.1. The van der Waals surface area contributed by atoms with Gasteiger partial charge in [0.1, 0.15) is 6.54 Å². The fourth-order valence-electron chi connectivity index (χ4n) is 4.03. The number of hydrogen-bond acceptors (Lipinski definition) is 6. The van der Waals surface area contributed by atoms with Crippen molar-refractivity contribution in [2.75, 3.05) is 24.5 Å². The number of para-hydroxylation sites is 1. The molecule has 3 heterocycles. The summed E-state index contributed by atoms with van der Waals surface area (Å²) in [4.78, 5) is 22.0. The fourth-order valence-corrected chi connectivity index (χ4v) is 4.03. The number of aliphatic carboxylic acids is 1. The molecule has 3 aromatic heterocycles. The van der Waals surface area contributed by atoms with Crippen LogP contribution in [0.4, 0.5) is 5.69 Å². The van der Waals surface area contributed by atoms with E-state index in [4.69, 9.17) is 15.8 Å². The van der Waals surface area contributed by atoms with Gasteiger partial charge in [0, 0.05) is 53.9 Å². The minimum atomic E-state index is -0.890. The van der Waals surface area contributed by atoms with Crippen LogP contribution in [-0.2, 0) is 4.79 Å². The van der Waals surface area contributed by atoms with E-state index in [1.54, 1.807) is 15.6 Å². The summed E-state index contributed by atoms with van der Waals surface area (Å²) < 4.78 is 1.78. The molecule has 0 fully saturated rings. The van der Waals surface area contributed by atoms with Crippen LogP contribution in [0.5, 0.6) is 0 Å². The molecule has 0 radical (unpaired) electrons. The lowest BCUT2D eigenvalue weighted by Gasteiger charge is -2.22. The number of anilines is 1. The van der Waals surface area contributed by atoms with Crippen molar-refractivity contribution in [3.05, 3.63) is 79.4 Å². The zero-order valence-electron chi connectivity index (χ0n) is 17.8. The normalized spacial score (nSPS) is 11.2. The first kappa shape index (κ1) is 20.6. The van der Waals surface area contributed by atoms with E-state index in [1.807, 2.05) is 67.1 Å². The minimum absolute atomic E-state index is 0.0934. The van der Waals surface area contributed by atoms with Gasteiger partial charge in [0.25, 0.3) is 0 Å². The van der Waals surface area contributed by atoms with Crippen LogP contribution in [0.1, 0.15) is 0 Å². The summed E-state index contributed by atoms with van der Waals surface area (Å²) >= 11 is 0. The first-order valence-electron chi connectivity index (χ1n) is 10.6. The van der Waals surface area contributed by atoms with Crippen molar-refractivity contribution < 1.29 is 9.90 Å². The molecule has 8 nitrogen and oxygen atoms in total. The average molecular weight is 438 g/mol. The van der Waals surface area contributed by atoms with Crippen LogP contribution < -0.4 is 10.6 Å². The maximum atomic E-state index is 11.1. The van der Waals surface area contributed by atoms with Crippen molar-refractivity contribution in [2.45, 2.75) is 0 Å². The number of nitrogens with zero attached hydrogens (tertiary/aromatic N) is 5. The zero-order chi connectivity index (χ0) is 22.8. The van der Waals surface area contributed by atoms with Gasteiger partial charge in [0.05, 0.1) is 11.7 Å². The first-order valence-corrected chi connectivity index (χ1v) is 10.6. The Bertz CT molecular complexity index is 1440. The number of aromatic nitrogens is 4. The van der Waals surface area contributed by atoms with Crippen LogP contribution in [0, 0.1) is 0 Å². The highest BCUT2D eigenvalue weighted by Gasteiger charge is 2.13. The second-order valence-electron chi connectivity index (χ2n) is 7.70. The Morgan fingerprint density at radius 3 is 2.58 bits per heavy atom. The number of rotatable bonds is 7. The molecule has 33 heavy (non-hydrogen) atoms. The van der Waals surface area contributed by atoms with Crippen molar-refractivity contribution in [1.29, 1.82) is 0 Å². The SMILES string of the molecule is NCCN(CC(=O)O)c1ccc(-c2cnc3c(-c4ccnc5ccccc45)cnn3c2)cc1. The third-order valence-corrected chi connectivity index (χ3v) is 5.59. The van der Waals surface area contributed by atoms with Crippen molar-refractivity contribution in [2.24, 2.45) is 5.73 Å². The van der Waals surface area contributed by atoms with Gasteiger partial charge in [-0.15, -0.1) is 0 Å². The number of nitrogens with two attached hydrogens (primary N) is 1. The molecule has 8 heteroatoms. The summed E-state index contributed by atoms with van der Waals surface area (Å²) in [5.41, 5.74) is 12.0. The van der Waals surface area contributed by atoms with E-state index >= 15 is 0 Å². The minimum Gasteiger partial charge on any atom is -0.480 e. The van der Waals surface area contributed by atoms with E-state index in [9.17, 15) is 4.79 Å². The molecule has 2 aromatic carbocycles. The smallest absolute Gasteiger partial charge is 0.323 e. The summed E-state index contributed by atoms with van der Waals surface area (Å²) in [6, 6.07) is 17.7. The molecular formula is C25H22N6O2. The van der Waals surface area contributed by atoms with Crippen LogP contribution in [0.15, 0.2) is 79.4 Å². The molecule has 5 rings (SSSR count). The molecule has 0 amide bonds. The Balaban J connectivity index is 1.48. The standard InChI is InChI=1S/C25H22N6O2/c26-10-12-30(16-24(32)33)19-7-5-17(6-8-19)18-13-28-25-22(14-29-31(25)15-18)20-9-11-27-23-4-2-1-3-21(20)23/h1-9,11,13-15H,10,12,16,26H2,(H,32,33). The number of benzene rings is 2. The van der Waals surface area contributed by atoms with Crippen LogP contribution in [0.2, 0.25) is 0 Å². The van der Waals surface area contributed by atoms with Gasteiger partial charge in [0.2, 0.25) is 0 Å². The maximum absolute atomic E-state index is 11.1. The molecular weight excluding hydrogens is 416 g/mol. The number of carboxylic acid groups (broad SMARTS) is 1. The van der Waals surface area contributed by atoms with E-state index in [0.717, 1.165) is 44.5 Å². The predicted molar refractivity (Wildman–Crippen MR) is 128 cm³/mol. The highest BCUT2D eigenvalue weighted by atomic mass is 16.4. The lowest BCUT2D eigenvalue weighted by Crippen LogP contribution is -2.34. The monoisotopic (exact) mass is 438 g/mol. The summed E-state index contributed by atoms with van der Waals surface area (Å²) in [7, 11) is 0. The van der Waals surface area contributed by atoms with Gasteiger partial charge in [-0.05, 0) is 35.4 Å². The summed E-state index contributed by atoms with van der Waals surface area (Å²) in [6.07, 6.45) is 7.40. The lowest BCUT2D eigenvalue weighted by atomic mass is 10.0. The molecule has 0 saturated carbocycles. The average Bonchev–Trinajstić information content (AvgIpc) is 3.26. The topological polar surface area (TPSA) is 110 Å². The summed E-state index contributed by atoms with van der Waals surface area (Å²) in [5.74, 6) is -0.890. The van der Waals surface area contributed by atoms with Gasteiger partial charge in [-0.25, -0.2) is 9.50 Å². The van der Waals surface area contributed by atoms with Gasteiger partial charge >= 0.3 is 5.97 Å². The van der Waals surface area contributed by atoms with Crippen LogP contribution in [0.3, 0.4) is 0 Å². The number of fused-ring (bicyclic) bond motifs is 2. The third kappa shape index (κ3) is 3.99. The maximum Gasteiger partial charge on any atom is 0.323 e. The molecule has 0 bridgehead atoms. The molecule has 164 valence electrons. The number of carboxylic acids is 1. The molecule has 0 aliphatic heterocycles.